The van der Waals surface area contributed by atoms with E-state index in [1.165, 1.54) is 11.1 Å². The summed E-state index contributed by atoms with van der Waals surface area (Å²) in [5, 5.41) is 14.5. The topological polar surface area (TPSA) is 61.8 Å². The second-order valence-electron chi connectivity index (χ2n) is 8.72. The number of ether oxygens (including phenoxy) is 1. The maximum absolute atomic E-state index is 12.9. The number of carbonyl (C=O) groups excluding carboxylic acids is 1. The summed E-state index contributed by atoms with van der Waals surface area (Å²) in [6, 6.07) is 14.9. The molecule has 2 N–H and O–H groups in total. The van der Waals surface area contributed by atoms with E-state index in [1.54, 1.807) is 12.1 Å². The normalized spacial score (nSPS) is 19.8. The molecule has 1 amide bonds. The van der Waals surface area contributed by atoms with Crippen LogP contribution in [0.15, 0.2) is 48.5 Å². The molecule has 1 fully saturated rings. The van der Waals surface area contributed by atoms with Crippen LogP contribution in [-0.2, 0) is 17.6 Å². The third-order valence-corrected chi connectivity index (χ3v) is 6.35. The summed E-state index contributed by atoms with van der Waals surface area (Å²) < 4.78 is 5.88. The first kappa shape index (κ1) is 21.2. The highest BCUT2D eigenvalue weighted by Gasteiger charge is 2.37. The molecule has 1 aliphatic heterocycles. The number of fused-ring (bicyclic) bond motifs is 1. The van der Waals surface area contributed by atoms with Gasteiger partial charge in [0.2, 0.25) is 0 Å². The van der Waals surface area contributed by atoms with Crippen molar-refractivity contribution in [3.8, 4) is 0 Å². The smallest absolute Gasteiger partial charge is 0.408 e. The lowest BCUT2D eigenvalue weighted by Gasteiger charge is -2.31. The number of likely N-dealkylation sites (tertiary alicyclic amines) is 1. The third-order valence-electron chi connectivity index (χ3n) is 6.11. The fraction of sp³-hybridized carbons (Fsp3) is 0.458. The quantitative estimate of drug-likeness (QED) is 0.726. The number of aliphatic hydroxyl groups excluding tert-OH is 1. The summed E-state index contributed by atoms with van der Waals surface area (Å²) in [4.78, 5) is 15.1. The monoisotopic (exact) mass is 428 g/mol. The Labute approximate surface area is 183 Å². The van der Waals surface area contributed by atoms with Crippen LogP contribution in [-0.4, -0.2) is 47.4 Å². The van der Waals surface area contributed by atoms with Crippen molar-refractivity contribution < 1.29 is 14.6 Å². The van der Waals surface area contributed by atoms with Gasteiger partial charge in [-0.15, -0.1) is 0 Å². The van der Waals surface area contributed by atoms with Crippen molar-refractivity contribution in [1.29, 1.82) is 0 Å². The average molecular weight is 429 g/mol. The molecule has 0 bridgehead atoms. The second-order valence-corrected chi connectivity index (χ2v) is 9.16. The fourth-order valence-electron chi connectivity index (χ4n) is 4.64. The van der Waals surface area contributed by atoms with Gasteiger partial charge in [0.15, 0.2) is 0 Å². The van der Waals surface area contributed by atoms with Gasteiger partial charge in [-0.1, -0.05) is 48.0 Å². The number of halogens is 1. The van der Waals surface area contributed by atoms with Gasteiger partial charge in [-0.3, -0.25) is 0 Å². The average Bonchev–Trinajstić information content (AvgIpc) is 3.33. The van der Waals surface area contributed by atoms with Crippen LogP contribution in [0.25, 0.3) is 0 Å². The first-order valence-corrected chi connectivity index (χ1v) is 11.0. The van der Waals surface area contributed by atoms with Crippen molar-refractivity contribution in [2.24, 2.45) is 0 Å². The molecule has 1 heterocycles. The Kier molecular flexibility index (Phi) is 6.32. The molecule has 1 saturated heterocycles. The van der Waals surface area contributed by atoms with Gasteiger partial charge in [0.1, 0.15) is 11.7 Å². The molecule has 4 rings (SSSR count). The second kappa shape index (κ2) is 8.96. The van der Waals surface area contributed by atoms with E-state index in [-0.39, 0.29) is 0 Å². The fourth-order valence-corrected chi connectivity index (χ4v) is 4.84. The third kappa shape index (κ3) is 4.97. The van der Waals surface area contributed by atoms with Gasteiger partial charge in [0.25, 0.3) is 0 Å². The predicted octanol–water partition coefficient (Wildman–Crippen LogP) is 4.12. The number of nitrogens with one attached hydrogen (secondary N) is 1. The molecule has 2 aromatic carbocycles. The van der Waals surface area contributed by atoms with E-state index in [2.05, 4.69) is 22.3 Å². The zero-order chi connectivity index (χ0) is 21.1. The number of alkyl carbamates (subject to hydrolysis) is 1. The molecular formula is C24H29ClN2O3. The van der Waals surface area contributed by atoms with Crippen LogP contribution in [0.3, 0.4) is 0 Å². The largest absolute Gasteiger partial charge is 0.443 e. The van der Waals surface area contributed by atoms with Crippen molar-refractivity contribution in [3.05, 3.63) is 70.2 Å². The Hall–Kier alpha value is -2.08. The van der Waals surface area contributed by atoms with Crippen LogP contribution < -0.4 is 5.32 Å². The minimum Gasteiger partial charge on any atom is -0.443 e. The van der Waals surface area contributed by atoms with Crippen LogP contribution in [0.5, 0.6) is 0 Å². The zero-order valence-corrected chi connectivity index (χ0v) is 18.1. The molecule has 0 unspecified atom stereocenters. The molecule has 0 aromatic heterocycles. The van der Waals surface area contributed by atoms with Crippen LogP contribution in [0.2, 0.25) is 5.02 Å². The molecule has 160 valence electrons. The molecule has 0 radical (unpaired) electrons. The standard InChI is InChI=1S/C24H29ClN2O3/c1-24(14-18-7-2-3-8-19(18)15-24)30-23(29)26-21(16-27-11-4-5-12-27)22(28)17-9-6-10-20(25)13-17/h2-3,6-10,13,21-22,28H,4-5,11-12,14-16H2,1H3,(H,26,29)/t21-,22-/m1/s1. The summed E-state index contributed by atoms with van der Waals surface area (Å²) in [6.45, 7) is 4.49. The SMILES string of the molecule is CC1(OC(=O)N[C@H](CN2CCCC2)[C@H](O)c2cccc(Cl)c2)Cc2ccccc2C1. The van der Waals surface area contributed by atoms with Crippen LogP contribution in [0, 0.1) is 0 Å². The Morgan fingerprint density at radius 3 is 2.47 bits per heavy atom. The van der Waals surface area contributed by atoms with E-state index in [0.29, 0.717) is 30.0 Å². The van der Waals surface area contributed by atoms with Crippen LogP contribution >= 0.6 is 11.6 Å². The summed E-state index contributed by atoms with van der Waals surface area (Å²) in [5.74, 6) is 0. The van der Waals surface area contributed by atoms with Gasteiger partial charge < -0.3 is 20.1 Å². The van der Waals surface area contributed by atoms with Gasteiger partial charge in [0, 0.05) is 24.4 Å². The minimum absolute atomic E-state index is 0.485. The number of carbonyl (C=O) groups is 1. The molecule has 0 saturated carbocycles. The summed E-state index contributed by atoms with van der Waals surface area (Å²) in [6.07, 6.45) is 2.32. The maximum atomic E-state index is 12.9. The summed E-state index contributed by atoms with van der Waals surface area (Å²) in [7, 11) is 0. The number of aliphatic hydroxyl groups is 1. The van der Waals surface area contributed by atoms with Gasteiger partial charge in [-0.2, -0.15) is 0 Å². The van der Waals surface area contributed by atoms with E-state index in [9.17, 15) is 9.90 Å². The Morgan fingerprint density at radius 1 is 1.17 bits per heavy atom. The first-order chi connectivity index (χ1) is 14.4. The van der Waals surface area contributed by atoms with E-state index in [0.717, 1.165) is 25.9 Å². The highest BCUT2D eigenvalue weighted by Crippen LogP contribution is 2.33. The van der Waals surface area contributed by atoms with Crippen molar-refractivity contribution in [2.75, 3.05) is 19.6 Å². The number of benzene rings is 2. The van der Waals surface area contributed by atoms with Gasteiger partial charge in [0.05, 0.1) is 6.04 Å². The van der Waals surface area contributed by atoms with Crippen LogP contribution in [0.1, 0.15) is 42.6 Å². The van der Waals surface area contributed by atoms with Crippen molar-refractivity contribution in [2.45, 2.75) is 50.4 Å². The maximum Gasteiger partial charge on any atom is 0.408 e. The number of rotatable bonds is 6. The summed E-state index contributed by atoms with van der Waals surface area (Å²) >= 11 is 6.11. The van der Waals surface area contributed by atoms with E-state index >= 15 is 0 Å². The highest BCUT2D eigenvalue weighted by molar-refractivity contribution is 6.30. The molecule has 2 aliphatic rings. The number of nitrogens with zero attached hydrogens (tertiary/aromatic N) is 1. The number of amides is 1. The zero-order valence-electron chi connectivity index (χ0n) is 17.3. The molecule has 2 aromatic rings. The molecule has 0 spiro atoms. The Morgan fingerprint density at radius 2 is 1.83 bits per heavy atom. The van der Waals surface area contributed by atoms with Gasteiger partial charge >= 0.3 is 6.09 Å². The van der Waals surface area contributed by atoms with Gasteiger partial charge in [-0.25, -0.2) is 4.79 Å². The molecule has 1 aliphatic carbocycles. The lowest BCUT2D eigenvalue weighted by molar-refractivity contribution is 0.0227. The van der Waals surface area contributed by atoms with Crippen molar-refractivity contribution in [3.63, 3.8) is 0 Å². The predicted molar refractivity (Wildman–Crippen MR) is 118 cm³/mol. The number of hydrogen-bond acceptors (Lipinski definition) is 4. The Balaban J connectivity index is 1.45. The Bertz CT molecular complexity index is 873. The minimum atomic E-state index is -0.870. The van der Waals surface area contributed by atoms with Gasteiger partial charge in [-0.05, 0) is 61.7 Å². The lowest BCUT2D eigenvalue weighted by atomic mass is 10.0. The number of hydrogen-bond donors (Lipinski definition) is 2. The van der Waals surface area contributed by atoms with E-state index < -0.39 is 23.8 Å². The molecule has 6 heteroatoms. The van der Waals surface area contributed by atoms with Crippen molar-refractivity contribution >= 4 is 17.7 Å². The first-order valence-electron chi connectivity index (χ1n) is 10.6. The molecular weight excluding hydrogens is 400 g/mol. The summed E-state index contributed by atoms with van der Waals surface area (Å²) in [5.41, 5.74) is 2.56. The van der Waals surface area contributed by atoms with E-state index in [1.807, 2.05) is 31.2 Å². The molecule has 30 heavy (non-hydrogen) atoms. The highest BCUT2D eigenvalue weighted by atomic mass is 35.5. The van der Waals surface area contributed by atoms with Crippen molar-refractivity contribution in [1.82, 2.24) is 10.2 Å². The lowest BCUT2D eigenvalue weighted by Crippen LogP contribution is -2.49. The molecule has 5 nitrogen and oxygen atoms in total. The van der Waals surface area contributed by atoms with E-state index in [4.69, 9.17) is 16.3 Å². The molecule has 2 atom stereocenters. The van der Waals surface area contributed by atoms with Crippen LogP contribution in [0.4, 0.5) is 4.79 Å².